The molecule has 22 heavy (non-hydrogen) atoms. The lowest BCUT2D eigenvalue weighted by Crippen LogP contribution is -2.21. The van der Waals surface area contributed by atoms with Gasteiger partial charge in [0.2, 0.25) is 0 Å². The van der Waals surface area contributed by atoms with Crippen molar-refractivity contribution in [2.75, 3.05) is 0 Å². The van der Waals surface area contributed by atoms with Crippen LogP contribution in [0.15, 0.2) is 24.3 Å². The summed E-state index contributed by atoms with van der Waals surface area (Å²) in [7, 11) is 0. The van der Waals surface area contributed by atoms with Crippen LogP contribution in [0.4, 0.5) is 0 Å². The highest BCUT2D eigenvalue weighted by Crippen LogP contribution is 2.25. The summed E-state index contributed by atoms with van der Waals surface area (Å²) in [5.41, 5.74) is 11.9. The van der Waals surface area contributed by atoms with Gasteiger partial charge in [-0.1, -0.05) is 6.92 Å². The first kappa shape index (κ1) is 16.3. The van der Waals surface area contributed by atoms with Gasteiger partial charge in [-0.2, -0.15) is 0 Å². The molecule has 0 saturated heterocycles. The molecule has 0 saturated carbocycles. The van der Waals surface area contributed by atoms with E-state index in [1.165, 1.54) is 11.3 Å². The predicted molar refractivity (Wildman–Crippen MR) is 88.9 cm³/mol. The second kappa shape index (κ2) is 6.36. The number of carboxylic acid groups (broad SMARTS) is 1. The van der Waals surface area contributed by atoms with Crippen LogP contribution in [0.3, 0.4) is 0 Å². The van der Waals surface area contributed by atoms with Crippen LogP contribution >= 0.6 is 0 Å². The molecular formula is C18H24N2O2. The van der Waals surface area contributed by atoms with Gasteiger partial charge in [0.15, 0.2) is 0 Å². The molecule has 4 nitrogen and oxygen atoms in total. The number of hydrogen-bond acceptors (Lipinski definition) is 2. The van der Waals surface area contributed by atoms with Crippen LogP contribution in [-0.2, 0) is 6.42 Å². The maximum atomic E-state index is 11.1. The van der Waals surface area contributed by atoms with Gasteiger partial charge in [0, 0.05) is 23.1 Å². The summed E-state index contributed by atoms with van der Waals surface area (Å²) in [6.07, 6.45) is 1.82. The molecule has 2 aromatic rings. The van der Waals surface area contributed by atoms with E-state index < -0.39 is 5.97 Å². The first-order valence-corrected chi connectivity index (χ1v) is 7.62. The minimum atomic E-state index is -0.898. The smallest absolute Gasteiger partial charge is 0.335 e. The highest BCUT2D eigenvalue weighted by atomic mass is 16.4. The van der Waals surface area contributed by atoms with E-state index in [9.17, 15) is 4.79 Å². The van der Waals surface area contributed by atoms with E-state index in [4.69, 9.17) is 10.8 Å². The molecule has 4 heteroatoms. The molecule has 0 aliphatic rings. The quantitative estimate of drug-likeness (QED) is 0.889. The fourth-order valence-corrected chi connectivity index (χ4v) is 2.87. The van der Waals surface area contributed by atoms with E-state index >= 15 is 0 Å². The molecule has 1 aromatic heterocycles. The zero-order valence-corrected chi connectivity index (χ0v) is 13.7. The molecular weight excluding hydrogens is 276 g/mol. The van der Waals surface area contributed by atoms with Gasteiger partial charge >= 0.3 is 5.97 Å². The van der Waals surface area contributed by atoms with Crippen LogP contribution in [0.25, 0.3) is 5.69 Å². The molecule has 0 aliphatic carbocycles. The van der Waals surface area contributed by atoms with E-state index in [2.05, 4.69) is 31.4 Å². The summed E-state index contributed by atoms with van der Waals surface area (Å²) >= 11 is 0. The lowest BCUT2D eigenvalue weighted by molar-refractivity contribution is 0.0697. The van der Waals surface area contributed by atoms with E-state index in [1.807, 2.05) is 13.0 Å². The van der Waals surface area contributed by atoms with Crippen LogP contribution in [0.5, 0.6) is 0 Å². The number of aryl methyl sites for hydroxylation is 2. The molecule has 2 rings (SSSR count). The molecule has 0 amide bonds. The van der Waals surface area contributed by atoms with Gasteiger partial charge in [0.05, 0.1) is 5.56 Å². The third kappa shape index (κ3) is 3.07. The highest BCUT2D eigenvalue weighted by Gasteiger charge is 2.15. The van der Waals surface area contributed by atoms with Crippen molar-refractivity contribution < 1.29 is 9.90 Å². The Morgan fingerprint density at radius 3 is 2.50 bits per heavy atom. The van der Waals surface area contributed by atoms with E-state index in [0.29, 0.717) is 5.56 Å². The maximum Gasteiger partial charge on any atom is 0.335 e. The average molecular weight is 300 g/mol. The minimum Gasteiger partial charge on any atom is -0.478 e. The summed E-state index contributed by atoms with van der Waals surface area (Å²) in [6, 6.07) is 7.59. The lowest BCUT2D eigenvalue weighted by atomic mass is 10.1. The van der Waals surface area contributed by atoms with Gasteiger partial charge in [-0.05, 0) is 69.0 Å². The van der Waals surface area contributed by atoms with Crippen molar-refractivity contribution >= 4 is 5.97 Å². The first-order chi connectivity index (χ1) is 10.3. The van der Waals surface area contributed by atoms with Crippen LogP contribution in [0.2, 0.25) is 0 Å². The molecule has 1 unspecified atom stereocenters. The topological polar surface area (TPSA) is 68.2 Å². The molecule has 0 bridgehead atoms. The average Bonchev–Trinajstić information content (AvgIpc) is 2.73. The summed E-state index contributed by atoms with van der Waals surface area (Å²) < 4.78 is 2.18. The zero-order valence-electron chi connectivity index (χ0n) is 13.7. The van der Waals surface area contributed by atoms with Crippen molar-refractivity contribution in [2.24, 2.45) is 5.73 Å². The molecule has 118 valence electrons. The first-order valence-electron chi connectivity index (χ1n) is 7.62. The van der Waals surface area contributed by atoms with E-state index in [0.717, 1.165) is 29.8 Å². The molecule has 0 radical (unpaired) electrons. The summed E-state index contributed by atoms with van der Waals surface area (Å²) in [6.45, 7) is 8.20. The fourth-order valence-electron chi connectivity index (χ4n) is 2.87. The fraction of sp³-hybridized carbons (Fsp3) is 0.389. The Bertz CT molecular complexity index is 701. The number of nitrogens with two attached hydrogens (primary N) is 1. The van der Waals surface area contributed by atoms with Crippen molar-refractivity contribution in [3.63, 3.8) is 0 Å². The second-order valence-corrected chi connectivity index (χ2v) is 5.91. The standard InChI is InChI=1S/C18H24N2O2/c1-5-16(19)10-15-9-12(3)20(13(15)4)17-7-6-14(18(21)22)8-11(17)2/h6-9,16H,5,10,19H2,1-4H3,(H,21,22). The van der Waals surface area contributed by atoms with Gasteiger partial charge in [-0.25, -0.2) is 4.79 Å². The number of aromatic nitrogens is 1. The number of hydrogen-bond donors (Lipinski definition) is 2. The SMILES string of the molecule is CCC(N)Cc1cc(C)n(-c2ccc(C(=O)O)cc2C)c1C. The predicted octanol–water partition coefficient (Wildman–Crippen LogP) is 3.38. The van der Waals surface area contributed by atoms with Gasteiger partial charge in [-0.3, -0.25) is 0 Å². The molecule has 1 aromatic carbocycles. The number of carbonyl (C=O) groups is 1. The number of carboxylic acids is 1. The highest BCUT2D eigenvalue weighted by molar-refractivity contribution is 5.88. The number of nitrogens with zero attached hydrogens (tertiary/aromatic N) is 1. The molecule has 0 fully saturated rings. The molecule has 3 N–H and O–H groups in total. The Morgan fingerprint density at radius 2 is 1.95 bits per heavy atom. The third-order valence-electron chi connectivity index (χ3n) is 4.23. The minimum absolute atomic E-state index is 0.171. The van der Waals surface area contributed by atoms with E-state index in [-0.39, 0.29) is 6.04 Å². The van der Waals surface area contributed by atoms with Crippen molar-refractivity contribution in [1.82, 2.24) is 4.57 Å². The molecule has 1 heterocycles. The lowest BCUT2D eigenvalue weighted by Gasteiger charge is -2.14. The van der Waals surface area contributed by atoms with Crippen LogP contribution < -0.4 is 5.73 Å². The van der Waals surface area contributed by atoms with Crippen molar-refractivity contribution in [1.29, 1.82) is 0 Å². The Balaban J connectivity index is 2.47. The van der Waals surface area contributed by atoms with Crippen molar-refractivity contribution in [2.45, 2.75) is 46.6 Å². The van der Waals surface area contributed by atoms with E-state index in [1.54, 1.807) is 12.1 Å². The summed E-state index contributed by atoms with van der Waals surface area (Å²) in [4.78, 5) is 11.1. The molecule has 1 atom stereocenters. The van der Waals surface area contributed by atoms with Gasteiger partial charge in [-0.15, -0.1) is 0 Å². The Labute approximate surface area is 131 Å². The second-order valence-electron chi connectivity index (χ2n) is 5.91. The Hall–Kier alpha value is -2.07. The number of aromatic carboxylic acids is 1. The Morgan fingerprint density at radius 1 is 1.27 bits per heavy atom. The largest absolute Gasteiger partial charge is 0.478 e. The van der Waals surface area contributed by atoms with Crippen LogP contribution in [0, 0.1) is 20.8 Å². The summed E-state index contributed by atoms with van der Waals surface area (Å²) in [5, 5.41) is 9.09. The van der Waals surface area contributed by atoms with Crippen molar-refractivity contribution in [3.05, 3.63) is 52.3 Å². The maximum absolute atomic E-state index is 11.1. The van der Waals surface area contributed by atoms with Gasteiger partial charge < -0.3 is 15.4 Å². The number of benzene rings is 1. The van der Waals surface area contributed by atoms with Gasteiger partial charge in [0.25, 0.3) is 0 Å². The summed E-state index contributed by atoms with van der Waals surface area (Å²) in [5.74, 6) is -0.898. The third-order valence-corrected chi connectivity index (χ3v) is 4.23. The van der Waals surface area contributed by atoms with Crippen LogP contribution in [-0.4, -0.2) is 21.7 Å². The van der Waals surface area contributed by atoms with Crippen molar-refractivity contribution in [3.8, 4) is 5.69 Å². The monoisotopic (exact) mass is 300 g/mol. The number of rotatable bonds is 5. The molecule has 0 spiro atoms. The zero-order chi connectivity index (χ0) is 16.4. The van der Waals surface area contributed by atoms with Gasteiger partial charge in [0.1, 0.15) is 0 Å². The normalized spacial score (nSPS) is 12.4. The van der Waals surface area contributed by atoms with Crippen LogP contribution in [0.1, 0.15) is 46.2 Å². The Kier molecular flexibility index (Phi) is 4.71. The molecule has 0 aliphatic heterocycles.